The number of anilines is 2. The van der Waals surface area contributed by atoms with Gasteiger partial charge in [0, 0.05) is 37.7 Å². The molecule has 0 radical (unpaired) electrons. The average molecular weight is 397 g/mol. The van der Waals surface area contributed by atoms with Gasteiger partial charge in [-0.15, -0.1) is 0 Å². The molecule has 2 aliphatic rings. The molecule has 0 bridgehead atoms. The maximum Gasteiger partial charge on any atom is 0.410 e. The van der Waals surface area contributed by atoms with Crippen LogP contribution >= 0.6 is 15.9 Å². The molecule has 7 heteroatoms. The SMILES string of the molecule is Cc1nc2c(cc1Br)N(C)CC1CN(C(=O)OC(C)(C)C)CCN21. The van der Waals surface area contributed by atoms with Crippen molar-refractivity contribution < 1.29 is 9.53 Å². The number of ether oxygens (including phenoxy) is 1. The van der Waals surface area contributed by atoms with E-state index >= 15 is 0 Å². The van der Waals surface area contributed by atoms with E-state index in [1.165, 1.54) is 0 Å². The summed E-state index contributed by atoms with van der Waals surface area (Å²) in [5.41, 5.74) is 1.65. The standard InChI is InChI=1S/C17H25BrN4O2/c1-11-13(18)8-14-15(19-11)22-7-6-21(10-12(22)9-20(14)5)16(23)24-17(2,3)4/h8,12H,6-7,9-10H2,1-5H3. The van der Waals surface area contributed by atoms with Gasteiger partial charge in [-0.2, -0.15) is 0 Å². The third-order valence-electron chi connectivity index (χ3n) is 4.41. The average Bonchev–Trinajstić information content (AvgIpc) is 2.47. The van der Waals surface area contributed by atoms with E-state index < -0.39 is 5.60 Å². The van der Waals surface area contributed by atoms with Crippen LogP contribution in [0.15, 0.2) is 10.5 Å². The third-order valence-corrected chi connectivity index (χ3v) is 5.22. The molecule has 2 aliphatic heterocycles. The van der Waals surface area contributed by atoms with Crippen molar-refractivity contribution in [1.82, 2.24) is 9.88 Å². The largest absolute Gasteiger partial charge is 0.444 e. The van der Waals surface area contributed by atoms with Gasteiger partial charge in [0.25, 0.3) is 0 Å². The molecule has 1 fully saturated rings. The van der Waals surface area contributed by atoms with Crippen molar-refractivity contribution in [2.24, 2.45) is 0 Å². The number of carbonyl (C=O) groups excluding carboxylic acids is 1. The summed E-state index contributed by atoms with van der Waals surface area (Å²) >= 11 is 3.57. The summed E-state index contributed by atoms with van der Waals surface area (Å²) in [4.78, 5) is 23.5. The van der Waals surface area contributed by atoms with Crippen molar-refractivity contribution in [1.29, 1.82) is 0 Å². The number of aromatic nitrogens is 1. The van der Waals surface area contributed by atoms with Crippen LogP contribution in [-0.2, 0) is 4.74 Å². The zero-order valence-electron chi connectivity index (χ0n) is 15.0. The Morgan fingerprint density at radius 2 is 2.04 bits per heavy atom. The van der Waals surface area contributed by atoms with Crippen molar-refractivity contribution in [2.45, 2.75) is 39.3 Å². The number of hydrogen-bond acceptors (Lipinski definition) is 5. The molecular weight excluding hydrogens is 372 g/mol. The molecule has 1 aromatic heterocycles. The molecule has 3 heterocycles. The van der Waals surface area contributed by atoms with Gasteiger partial charge in [-0.25, -0.2) is 9.78 Å². The Morgan fingerprint density at radius 3 is 2.71 bits per heavy atom. The number of fused-ring (bicyclic) bond motifs is 3. The first-order chi connectivity index (χ1) is 11.2. The van der Waals surface area contributed by atoms with E-state index in [1.807, 2.05) is 32.6 Å². The summed E-state index contributed by atoms with van der Waals surface area (Å²) in [6.45, 7) is 10.7. The first-order valence-corrected chi connectivity index (χ1v) is 9.08. The Kier molecular flexibility index (Phi) is 4.40. The first-order valence-electron chi connectivity index (χ1n) is 8.28. The van der Waals surface area contributed by atoms with Crippen LogP contribution in [0.5, 0.6) is 0 Å². The number of hydrogen-bond donors (Lipinski definition) is 0. The minimum atomic E-state index is -0.463. The molecule has 0 aromatic carbocycles. The molecule has 0 saturated carbocycles. The topological polar surface area (TPSA) is 48.9 Å². The number of aryl methyl sites for hydroxylation is 1. The second kappa shape index (κ2) is 6.10. The highest BCUT2D eigenvalue weighted by Gasteiger charge is 2.37. The first kappa shape index (κ1) is 17.3. The Hall–Kier alpha value is -1.50. The van der Waals surface area contributed by atoms with Crippen LogP contribution in [0, 0.1) is 6.92 Å². The molecule has 1 unspecified atom stereocenters. The number of carbonyl (C=O) groups is 1. The highest BCUT2D eigenvalue weighted by atomic mass is 79.9. The molecule has 1 atom stereocenters. The molecule has 3 rings (SSSR count). The Labute approximate surface area is 151 Å². The molecule has 132 valence electrons. The predicted molar refractivity (Wildman–Crippen MR) is 98.9 cm³/mol. The number of rotatable bonds is 0. The quantitative estimate of drug-likeness (QED) is 0.674. The van der Waals surface area contributed by atoms with Crippen LogP contribution in [0.1, 0.15) is 26.5 Å². The fraction of sp³-hybridized carbons (Fsp3) is 0.647. The van der Waals surface area contributed by atoms with E-state index in [2.05, 4.69) is 38.8 Å². The lowest BCUT2D eigenvalue weighted by atomic mass is 10.1. The lowest BCUT2D eigenvalue weighted by Crippen LogP contribution is -2.61. The monoisotopic (exact) mass is 396 g/mol. The van der Waals surface area contributed by atoms with E-state index in [0.717, 1.165) is 34.8 Å². The normalized spacial score (nSPS) is 20.6. The summed E-state index contributed by atoms with van der Waals surface area (Å²) in [7, 11) is 2.08. The van der Waals surface area contributed by atoms with Crippen LogP contribution in [0.4, 0.5) is 16.3 Å². The minimum absolute atomic E-state index is 0.226. The molecule has 0 N–H and O–H groups in total. The van der Waals surface area contributed by atoms with Crippen LogP contribution < -0.4 is 9.80 Å². The van der Waals surface area contributed by atoms with E-state index in [-0.39, 0.29) is 12.1 Å². The van der Waals surface area contributed by atoms with Crippen LogP contribution in [0.25, 0.3) is 0 Å². The highest BCUT2D eigenvalue weighted by Crippen LogP contribution is 2.37. The van der Waals surface area contributed by atoms with Crippen molar-refractivity contribution in [3.05, 3.63) is 16.2 Å². The van der Waals surface area contributed by atoms with Gasteiger partial charge in [-0.1, -0.05) is 0 Å². The minimum Gasteiger partial charge on any atom is -0.444 e. The van der Waals surface area contributed by atoms with Crippen LogP contribution in [-0.4, -0.2) is 60.8 Å². The van der Waals surface area contributed by atoms with Gasteiger partial charge >= 0.3 is 6.09 Å². The number of amides is 1. The van der Waals surface area contributed by atoms with Crippen LogP contribution in [0.2, 0.25) is 0 Å². The molecule has 1 aromatic rings. The number of nitrogens with zero attached hydrogens (tertiary/aromatic N) is 4. The van der Waals surface area contributed by atoms with Crippen molar-refractivity contribution in [3.63, 3.8) is 0 Å². The summed E-state index contributed by atoms with van der Waals surface area (Å²) in [6, 6.07) is 2.37. The maximum absolute atomic E-state index is 12.4. The molecule has 1 saturated heterocycles. The molecule has 0 aliphatic carbocycles. The zero-order valence-corrected chi connectivity index (χ0v) is 16.6. The predicted octanol–water partition coefficient (Wildman–Crippen LogP) is 3.03. The fourth-order valence-electron chi connectivity index (χ4n) is 3.25. The molecular formula is C17H25BrN4O2. The summed E-state index contributed by atoms with van der Waals surface area (Å²) < 4.78 is 6.55. The van der Waals surface area contributed by atoms with Gasteiger partial charge in [-0.05, 0) is 49.7 Å². The summed E-state index contributed by atoms with van der Waals surface area (Å²) in [5.74, 6) is 1.01. The zero-order chi connectivity index (χ0) is 17.6. The van der Waals surface area contributed by atoms with Gasteiger partial charge in [-0.3, -0.25) is 0 Å². The Balaban J connectivity index is 1.80. The summed E-state index contributed by atoms with van der Waals surface area (Å²) in [5, 5.41) is 0. The van der Waals surface area contributed by atoms with Gasteiger partial charge in [0.15, 0.2) is 5.82 Å². The lowest BCUT2D eigenvalue weighted by molar-refractivity contribution is 0.0214. The number of likely N-dealkylation sites (N-methyl/N-ethyl adjacent to an activating group) is 1. The molecule has 1 amide bonds. The van der Waals surface area contributed by atoms with Gasteiger partial charge < -0.3 is 19.4 Å². The molecule has 6 nitrogen and oxygen atoms in total. The highest BCUT2D eigenvalue weighted by molar-refractivity contribution is 9.10. The number of pyridine rings is 1. The molecule has 0 spiro atoms. The van der Waals surface area contributed by atoms with Crippen molar-refractivity contribution in [2.75, 3.05) is 43.0 Å². The second-order valence-corrected chi connectivity index (χ2v) is 8.41. The Bertz CT molecular complexity index is 659. The van der Waals surface area contributed by atoms with Gasteiger partial charge in [0.1, 0.15) is 5.60 Å². The third kappa shape index (κ3) is 3.31. The fourth-order valence-corrected chi connectivity index (χ4v) is 3.55. The van der Waals surface area contributed by atoms with E-state index in [9.17, 15) is 4.79 Å². The van der Waals surface area contributed by atoms with E-state index in [4.69, 9.17) is 9.72 Å². The van der Waals surface area contributed by atoms with E-state index in [0.29, 0.717) is 13.1 Å². The van der Waals surface area contributed by atoms with Gasteiger partial charge in [0.2, 0.25) is 0 Å². The second-order valence-electron chi connectivity index (χ2n) is 7.55. The van der Waals surface area contributed by atoms with Crippen molar-refractivity contribution >= 4 is 33.5 Å². The molecule has 24 heavy (non-hydrogen) atoms. The summed E-state index contributed by atoms with van der Waals surface area (Å²) in [6.07, 6.45) is -0.226. The van der Waals surface area contributed by atoms with Crippen LogP contribution in [0.3, 0.4) is 0 Å². The van der Waals surface area contributed by atoms with Gasteiger partial charge in [0.05, 0.1) is 17.4 Å². The van der Waals surface area contributed by atoms with E-state index in [1.54, 1.807) is 0 Å². The Morgan fingerprint density at radius 1 is 1.33 bits per heavy atom. The number of piperazine rings is 1. The number of halogens is 1. The smallest absolute Gasteiger partial charge is 0.410 e. The van der Waals surface area contributed by atoms with Crippen molar-refractivity contribution in [3.8, 4) is 0 Å². The maximum atomic E-state index is 12.4. The lowest BCUT2D eigenvalue weighted by Gasteiger charge is -2.48.